The van der Waals surface area contributed by atoms with E-state index in [1.54, 1.807) is 19.4 Å². The second-order valence-corrected chi connectivity index (χ2v) is 9.04. The molecule has 2 aromatic carbocycles. The molecule has 35 heavy (non-hydrogen) atoms. The first kappa shape index (κ1) is 22.7. The zero-order valence-electron chi connectivity index (χ0n) is 19.5. The minimum Gasteiger partial charge on any atom is -0.496 e. The lowest BCUT2D eigenvalue weighted by molar-refractivity contribution is -0.116. The number of aromatic nitrogens is 2. The first-order valence-corrected chi connectivity index (χ1v) is 11.8. The second kappa shape index (κ2) is 9.63. The SMILES string of the molecule is C#CC(=O)N[C@H]1CCC[C@H]1Nc1ncc2cc(-c3cc(C(=O)NC4CC4)ccc3OC)ccc2n1. The van der Waals surface area contributed by atoms with Crippen molar-refractivity contribution in [3.63, 3.8) is 0 Å². The van der Waals surface area contributed by atoms with E-state index in [1.165, 1.54) is 0 Å². The van der Waals surface area contributed by atoms with Crippen LogP contribution in [-0.2, 0) is 4.79 Å². The van der Waals surface area contributed by atoms with Crippen molar-refractivity contribution >= 4 is 28.7 Å². The van der Waals surface area contributed by atoms with E-state index in [0.29, 0.717) is 23.3 Å². The zero-order valence-corrected chi connectivity index (χ0v) is 19.5. The van der Waals surface area contributed by atoms with Gasteiger partial charge in [-0.1, -0.05) is 6.07 Å². The van der Waals surface area contributed by atoms with Crippen LogP contribution in [0.1, 0.15) is 42.5 Å². The highest BCUT2D eigenvalue weighted by molar-refractivity contribution is 5.97. The molecule has 3 aromatic rings. The van der Waals surface area contributed by atoms with Crippen LogP contribution in [0.25, 0.3) is 22.0 Å². The number of nitrogens with zero attached hydrogens (tertiary/aromatic N) is 2. The average molecular weight is 470 g/mol. The van der Waals surface area contributed by atoms with Gasteiger partial charge in [-0.3, -0.25) is 9.59 Å². The number of anilines is 1. The maximum atomic E-state index is 12.6. The van der Waals surface area contributed by atoms with Crippen molar-refractivity contribution in [2.45, 2.75) is 50.2 Å². The molecule has 0 bridgehead atoms. The summed E-state index contributed by atoms with van der Waals surface area (Å²) in [6.45, 7) is 0. The highest BCUT2D eigenvalue weighted by atomic mass is 16.5. The van der Waals surface area contributed by atoms with Crippen molar-refractivity contribution in [3.05, 3.63) is 48.2 Å². The smallest absolute Gasteiger partial charge is 0.295 e. The van der Waals surface area contributed by atoms with Crippen LogP contribution in [0.3, 0.4) is 0 Å². The number of fused-ring (bicyclic) bond motifs is 1. The number of carbonyl (C=O) groups excluding carboxylic acids is 2. The number of benzene rings is 2. The molecule has 2 atom stereocenters. The summed E-state index contributed by atoms with van der Waals surface area (Å²) in [5.74, 6) is 2.83. The van der Waals surface area contributed by atoms with E-state index in [0.717, 1.165) is 54.1 Å². The lowest BCUT2D eigenvalue weighted by Gasteiger charge is -2.21. The van der Waals surface area contributed by atoms with Gasteiger partial charge >= 0.3 is 0 Å². The molecular formula is C27H27N5O3. The molecule has 0 saturated heterocycles. The summed E-state index contributed by atoms with van der Waals surface area (Å²) < 4.78 is 5.56. The summed E-state index contributed by atoms with van der Waals surface area (Å²) in [4.78, 5) is 33.3. The van der Waals surface area contributed by atoms with Crippen LogP contribution in [-0.4, -0.2) is 47.0 Å². The normalized spacial score (nSPS) is 19.1. The largest absolute Gasteiger partial charge is 0.496 e. The predicted molar refractivity (Wildman–Crippen MR) is 134 cm³/mol. The number of rotatable bonds is 7. The number of carbonyl (C=O) groups is 2. The summed E-state index contributed by atoms with van der Waals surface area (Å²) in [7, 11) is 1.62. The van der Waals surface area contributed by atoms with Crippen LogP contribution in [0.2, 0.25) is 0 Å². The molecule has 2 fully saturated rings. The summed E-state index contributed by atoms with van der Waals surface area (Å²) in [6, 6.07) is 11.6. The molecule has 8 nitrogen and oxygen atoms in total. The van der Waals surface area contributed by atoms with E-state index < -0.39 is 5.91 Å². The number of terminal acetylenes is 1. The Morgan fingerprint density at radius 1 is 1.06 bits per heavy atom. The number of hydrogen-bond acceptors (Lipinski definition) is 6. The maximum Gasteiger partial charge on any atom is 0.295 e. The van der Waals surface area contributed by atoms with Crippen LogP contribution in [0.5, 0.6) is 5.75 Å². The molecule has 0 aliphatic heterocycles. The Balaban J connectivity index is 1.38. The monoisotopic (exact) mass is 469 g/mol. The fourth-order valence-corrected chi connectivity index (χ4v) is 4.52. The van der Waals surface area contributed by atoms with E-state index in [-0.39, 0.29) is 18.0 Å². The van der Waals surface area contributed by atoms with Gasteiger partial charge in [-0.25, -0.2) is 9.97 Å². The Bertz CT molecular complexity index is 1330. The number of ether oxygens (including phenoxy) is 1. The number of hydrogen-bond donors (Lipinski definition) is 3. The molecule has 0 unspecified atom stereocenters. The van der Waals surface area contributed by atoms with Gasteiger partial charge in [0.1, 0.15) is 5.75 Å². The van der Waals surface area contributed by atoms with Crippen molar-refractivity contribution in [2.75, 3.05) is 12.4 Å². The van der Waals surface area contributed by atoms with E-state index in [4.69, 9.17) is 11.2 Å². The minimum atomic E-state index is -0.403. The molecule has 2 amide bonds. The molecule has 1 aromatic heterocycles. The fraction of sp³-hybridized carbons (Fsp3) is 0.333. The molecule has 8 heteroatoms. The van der Waals surface area contributed by atoms with Crippen molar-refractivity contribution in [2.24, 2.45) is 0 Å². The third kappa shape index (κ3) is 5.04. The number of nitrogens with one attached hydrogen (secondary N) is 3. The van der Waals surface area contributed by atoms with Gasteiger partial charge < -0.3 is 20.7 Å². The van der Waals surface area contributed by atoms with Gasteiger partial charge in [-0.2, -0.15) is 0 Å². The van der Waals surface area contributed by atoms with E-state index >= 15 is 0 Å². The summed E-state index contributed by atoms with van der Waals surface area (Å²) in [6.07, 6.45) is 11.8. The predicted octanol–water partition coefficient (Wildman–Crippen LogP) is 3.28. The van der Waals surface area contributed by atoms with Crippen LogP contribution in [0, 0.1) is 12.3 Å². The molecule has 2 aliphatic rings. The quantitative estimate of drug-likeness (QED) is 0.459. The van der Waals surface area contributed by atoms with Crippen LogP contribution >= 0.6 is 0 Å². The molecule has 3 N–H and O–H groups in total. The first-order valence-electron chi connectivity index (χ1n) is 11.8. The molecular weight excluding hydrogens is 442 g/mol. The molecule has 2 saturated carbocycles. The van der Waals surface area contributed by atoms with Gasteiger partial charge in [0, 0.05) is 40.8 Å². The van der Waals surface area contributed by atoms with Gasteiger partial charge in [0.2, 0.25) is 5.95 Å². The zero-order chi connectivity index (χ0) is 24.4. The maximum absolute atomic E-state index is 12.6. The Morgan fingerprint density at radius 3 is 2.66 bits per heavy atom. The third-order valence-electron chi connectivity index (χ3n) is 6.54. The second-order valence-electron chi connectivity index (χ2n) is 9.04. The van der Waals surface area contributed by atoms with Crippen molar-refractivity contribution < 1.29 is 14.3 Å². The minimum absolute atomic E-state index is 0.0257. The highest BCUT2D eigenvalue weighted by Gasteiger charge is 2.29. The molecule has 0 radical (unpaired) electrons. The van der Waals surface area contributed by atoms with Crippen LogP contribution in [0.15, 0.2) is 42.6 Å². The lowest BCUT2D eigenvalue weighted by Crippen LogP contribution is -2.43. The van der Waals surface area contributed by atoms with Crippen molar-refractivity contribution in [1.82, 2.24) is 20.6 Å². The van der Waals surface area contributed by atoms with Gasteiger partial charge in [0.25, 0.3) is 11.8 Å². The Labute approximate surface area is 203 Å². The van der Waals surface area contributed by atoms with E-state index in [9.17, 15) is 9.59 Å². The van der Waals surface area contributed by atoms with Crippen LogP contribution in [0.4, 0.5) is 5.95 Å². The van der Waals surface area contributed by atoms with Gasteiger partial charge in [-0.05, 0) is 73.9 Å². The van der Waals surface area contributed by atoms with Crippen LogP contribution < -0.4 is 20.7 Å². The van der Waals surface area contributed by atoms with E-state index in [1.807, 2.05) is 30.3 Å². The van der Waals surface area contributed by atoms with Gasteiger partial charge in [-0.15, -0.1) is 6.42 Å². The summed E-state index contributed by atoms with van der Waals surface area (Å²) in [5.41, 5.74) is 3.13. The Morgan fingerprint density at radius 2 is 1.89 bits per heavy atom. The number of amides is 2. The molecule has 2 aliphatic carbocycles. The summed E-state index contributed by atoms with van der Waals surface area (Å²) in [5, 5.41) is 10.1. The standard InChI is InChI=1S/C27H27N5O3/c1-3-25(33)30-22-5-4-6-23(22)32-27-28-15-18-13-16(7-11-21(18)31-27)20-14-17(8-12-24(20)35-2)26(34)29-19-9-10-19/h1,7-8,11-15,19,22-23H,4-6,9-10H2,2H3,(H,29,34)(H,30,33)(H,28,31,32)/t22-,23+/m0/s1. The van der Waals surface area contributed by atoms with Crippen molar-refractivity contribution in [1.29, 1.82) is 0 Å². The number of methoxy groups -OCH3 is 1. The van der Waals surface area contributed by atoms with Crippen molar-refractivity contribution in [3.8, 4) is 29.2 Å². The molecule has 5 rings (SSSR count). The fourth-order valence-electron chi connectivity index (χ4n) is 4.52. The van der Waals surface area contributed by atoms with Gasteiger partial charge in [0.05, 0.1) is 12.6 Å². The first-order chi connectivity index (χ1) is 17.0. The molecule has 0 spiro atoms. The summed E-state index contributed by atoms with van der Waals surface area (Å²) >= 11 is 0. The Kier molecular flexibility index (Phi) is 6.23. The van der Waals surface area contributed by atoms with Gasteiger partial charge in [0.15, 0.2) is 0 Å². The third-order valence-corrected chi connectivity index (χ3v) is 6.54. The molecule has 178 valence electrons. The Hall–Kier alpha value is -4.12. The topological polar surface area (TPSA) is 105 Å². The molecule has 1 heterocycles. The average Bonchev–Trinajstić information content (AvgIpc) is 3.60. The highest BCUT2D eigenvalue weighted by Crippen LogP contribution is 2.33. The van der Waals surface area contributed by atoms with E-state index in [2.05, 4.69) is 31.8 Å². The lowest BCUT2D eigenvalue weighted by atomic mass is 10.00.